The zero-order valence-electron chi connectivity index (χ0n) is 24.8. The molecule has 4 aromatic carbocycles. The Morgan fingerprint density at radius 3 is 1.30 bits per heavy atom. The first-order valence-electron chi connectivity index (χ1n) is 15.2. The number of thioether (sulfide) groups is 2. The van der Waals surface area contributed by atoms with Crippen LogP contribution >= 0.6 is 23.5 Å². The molecule has 0 bridgehead atoms. The highest BCUT2D eigenvalue weighted by Gasteiger charge is 2.43. The molecule has 4 aromatic rings. The predicted molar refractivity (Wildman–Crippen MR) is 178 cm³/mol. The van der Waals surface area contributed by atoms with E-state index in [0.29, 0.717) is 22.6 Å². The minimum absolute atomic E-state index is 0.384. The quantitative estimate of drug-likeness (QED) is 0.135. The largest absolute Gasteiger partial charge is 0.390 e. The highest BCUT2D eigenvalue weighted by atomic mass is 32.2. The predicted octanol–water partition coefficient (Wildman–Crippen LogP) is 3.58. The number of carbonyl (C=O) groups is 2. The molecule has 238 valence electrons. The van der Waals surface area contributed by atoms with Gasteiger partial charge < -0.3 is 31.1 Å². The third kappa shape index (κ3) is 7.02. The van der Waals surface area contributed by atoms with E-state index in [2.05, 4.69) is 10.6 Å². The molecule has 46 heavy (non-hydrogen) atoms. The molecule has 0 spiro atoms. The number of hydrogen-bond donors (Lipinski definition) is 6. The Bertz CT molecular complexity index is 1540. The van der Waals surface area contributed by atoms with Crippen LogP contribution in [0.15, 0.2) is 119 Å². The summed E-state index contributed by atoms with van der Waals surface area (Å²) in [4.78, 5) is 29.3. The van der Waals surface area contributed by atoms with E-state index in [9.17, 15) is 30.0 Å². The Morgan fingerprint density at radius 1 is 0.565 bits per heavy atom. The first-order chi connectivity index (χ1) is 22.3. The molecule has 0 heterocycles. The summed E-state index contributed by atoms with van der Waals surface area (Å²) < 4.78 is 0. The Kier molecular flexibility index (Phi) is 10.1. The van der Waals surface area contributed by atoms with E-state index in [4.69, 9.17) is 0 Å². The smallest absolute Gasteiger partial charge is 0.236 e. The molecule has 2 aliphatic carbocycles. The van der Waals surface area contributed by atoms with Gasteiger partial charge in [0.15, 0.2) is 0 Å². The van der Waals surface area contributed by atoms with Crippen molar-refractivity contribution in [3.8, 4) is 0 Å². The maximum atomic E-state index is 14.0. The minimum Gasteiger partial charge on any atom is -0.390 e. The lowest BCUT2D eigenvalue weighted by atomic mass is 10.0. The van der Waals surface area contributed by atoms with Gasteiger partial charge in [0, 0.05) is 22.6 Å². The lowest BCUT2D eigenvalue weighted by Crippen LogP contribution is -2.53. The fourth-order valence-electron chi connectivity index (χ4n) is 6.17. The van der Waals surface area contributed by atoms with Crippen LogP contribution in [0.2, 0.25) is 0 Å². The van der Waals surface area contributed by atoms with Crippen molar-refractivity contribution in [3.63, 3.8) is 0 Å². The molecule has 8 atom stereocenters. The second-order valence-corrected chi connectivity index (χ2v) is 14.0. The molecule has 0 aliphatic heterocycles. The first kappa shape index (κ1) is 32.3. The van der Waals surface area contributed by atoms with Gasteiger partial charge in [0.1, 0.15) is 22.7 Å². The molecule has 0 saturated heterocycles. The SMILES string of the molecule is O=C(NC1c2ccccc2C[C@H]1O)[C@H](Sc1ccccc1)[C@H](O)[C@@H](O)[C@@H](Sc1ccccc1)C(=O)N[C@H]1c2ccccc2C[C@H]1O. The molecule has 6 rings (SSSR count). The van der Waals surface area contributed by atoms with Crippen molar-refractivity contribution in [2.24, 2.45) is 0 Å². The molecule has 1 unspecified atom stereocenters. The van der Waals surface area contributed by atoms with Crippen LogP contribution in [0, 0.1) is 0 Å². The van der Waals surface area contributed by atoms with Crippen LogP contribution in [0.4, 0.5) is 0 Å². The van der Waals surface area contributed by atoms with Gasteiger partial charge >= 0.3 is 0 Å². The van der Waals surface area contributed by atoms with Gasteiger partial charge in [-0.25, -0.2) is 0 Å². The maximum Gasteiger partial charge on any atom is 0.236 e. The molecule has 0 fully saturated rings. The molecular formula is C36H36N2O6S2. The number of benzene rings is 4. The van der Waals surface area contributed by atoms with Gasteiger partial charge in [-0.2, -0.15) is 0 Å². The fourth-order valence-corrected chi connectivity index (χ4v) is 8.34. The van der Waals surface area contributed by atoms with Crippen LogP contribution in [0.1, 0.15) is 34.3 Å². The van der Waals surface area contributed by atoms with E-state index in [1.807, 2.05) is 84.9 Å². The summed E-state index contributed by atoms with van der Waals surface area (Å²) in [6.07, 6.45) is -4.31. The van der Waals surface area contributed by atoms with Crippen LogP contribution in [0.3, 0.4) is 0 Å². The van der Waals surface area contributed by atoms with Gasteiger partial charge in [-0.3, -0.25) is 9.59 Å². The number of aliphatic hydroxyl groups excluding tert-OH is 4. The highest BCUT2D eigenvalue weighted by molar-refractivity contribution is 8.01. The molecule has 2 amide bonds. The summed E-state index contributed by atoms with van der Waals surface area (Å²) in [7, 11) is 0. The standard InChI is InChI=1S/C36H36N2O6S2/c39-27-19-21-11-7-9-17-25(21)29(27)37-35(43)33(45-23-13-3-1-4-14-23)31(41)32(42)34(46-24-15-5-2-6-16-24)36(44)38-30-26-18-10-8-12-22(26)20-28(30)40/h1-18,27-34,39-42H,19-20H2,(H,37,43)(H,38,44)/t27-,28-,29+,30?,31-,32-,33-,34-/m1/s1. The van der Waals surface area contributed by atoms with Crippen molar-refractivity contribution >= 4 is 35.3 Å². The first-order valence-corrected chi connectivity index (χ1v) is 17.0. The second kappa shape index (κ2) is 14.4. The van der Waals surface area contributed by atoms with Gasteiger partial charge in [0.2, 0.25) is 11.8 Å². The van der Waals surface area contributed by atoms with Crippen molar-refractivity contribution in [3.05, 3.63) is 131 Å². The number of aliphatic hydroxyl groups is 4. The molecule has 0 radical (unpaired) electrons. The van der Waals surface area contributed by atoms with E-state index in [1.165, 1.54) is 0 Å². The van der Waals surface area contributed by atoms with Gasteiger partial charge in [0.05, 0.1) is 24.3 Å². The second-order valence-electron chi connectivity index (χ2n) is 11.6. The van der Waals surface area contributed by atoms with E-state index >= 15 is 0 Å². The van der Waals surface area contributed by atoms with Crippen molar-refractivity contribution < 1.29 is 30.0 Å². The van der Waals surface area contributed by atoms with Crippen LogP contribution in [0.5, 0.6) is 0 Å². The van der Waals surface area contributed by atoms with E-state index in [1.54, 1.807) is 24.3 Å². The van der Waals surface area contributed by atoms with Crippen LogP contribution in [0.25, 0.3) is 0 Å². The maximum absolute atomic E-state index is 14.0. The third-order valence-corrected chi connectivity index (χ3v) is 11.1. The fraction of sp³-hybridized carbons (Fsp3) is 0.278. The van der Waals surface area contributed by atoms with Crippen molar-refractivity contribution in [2.45, 2.75) is 69.6 Å². The average Bonchev–Trinajstić information content (AvgIpc) is 3.57. The Labute approximate surface area is 276 Å². The molecular weight excluding hydrogens is 621 g/mol. The summed E-state index contributed by atoms with van der Waals surface area (Å²) >= 11 is 2.15. The van der Waals surface area contributed by atoms with Gasteiger partial charge in [0.25, 0.3) is 0 Å². The normalized spacial score (nSPS) is 22.6. The van der Waals surface area contributed by atoms with Crippen molar-refractivity contribution in [2.75, 3.05) is 0 Å². The Balaban J connectivity index is 1.28. The Hall–Kier alpha value is -3.64. The zero-order valence-corrected chi connectivity index (χ0v) is 26.5. The molecule has 2 aliphatic rings. The van der Waals surface area contributed by atoms with E-state index in [-0.39, 0.29) is 0 Å². The zero-order chi connectivity index (χ0) is 32.2. The number of hydrogen-bond acceptors (Lipinski definition) is 8. The number of nitrogens with one attached hydrogen (secondary N) is 2. The van der Waals surface area contributed by atoms with Gasteiger partial charge in [-0.1, -0.05) is 84.9 Å². The number of fused-ring (bicyclic) bond motifs is 2. The lowest BCUT2D eigenvalue weighted by Gasteiger charge is -2.32. The molecule has 10 heteroatoms. The highest BCUT2D eigenvalue weighted by Crippen LogP contribution is 2.36. The third-order valence-electron chi connectivity index (χ3n) is 8.50. The summed E-state index contributed by atoms with van der Waals surface area (Å²) in [6, 6.07) is 31.7. The number of carbonyl (C=O) groups excluding carboxylic acids is 2. The number of rotatable bonds is 11. The molecule has 0 aromatic heterocycles. The van der Waals surface area contributed by atoms with Crippen LogP contribution in [-0.2, 0) is 22.4 Å². The minimum atomic E-state index is -1.69. The monoisotopic (exact) mass is 656 g/mol. The summed E-state index contributed by atoms with van der Waals surface area (Å²) in [5.74, 6) is -1.16. The summed E-state index contributed by atoms with van der Waals surface area (Å²) in [6.45, 7) is 0. The average molecular weight is 657 g/mol. The van der Waals surface area contributed by atoms with Crippen LogP contribution < -0.4 is 10.6 Å². The molecule has 0 saturated carbocycles. The van der Waals surface area contributed by atoms with E-state index < -0.39 is 58.8 Å². The van der Waals surface area contributed by atoms with Gasteiger partial charge in [-0.05, 0) is 46.5 Å². The van der Waals surface area contributed by atoms with E-state index in [0.717, 1.165) is 45.8 Å². The van der Waals surface area contributed by atoms with Crippen LogP contribution in [-0.4, -0.2) is 67.2 Å². The number of amides is 2. The summed E-state index contributed by atoms with van der Waals surface area (Å²) in [5.41, 5.74) is 3.46. The van der Waals surface area contributed by atoms with Gasteiger partial charge in [-0.15, -0.1) is 23.5 Å². The molecule has 6 N–H and O–H groups in total. The van der Waals surface area contributed by atoms with Crippen molar-refractivity contribution in [1.82, 2.24) is 10.6 Å². The lowest BCUT2D eigenvalue weighted by molar-refractivity contribution is -0.129. The summed E-state index contributed by atoms with van der Waals surface area (Å²) in [5, 5.41) is 48.5. The van der Waals surface area contributed by atoms with Crippen molar-refractivity contribution in [1.29, 1.82) is 0 Å². The Morgan fingerprint density at radius 2 is 0.913 bits per heavy atom. The molecule has 8 nitrogen and oxygen atoms in total. The topological polar surface area (TPSA) is 139 Å².